The van der Waals surface area contributed by atoms with Crippen molar-refractivity contribution >= 4 is 17.5 Å². The lowest BCUT2D eigenvalue weighted by Gasteiger charge is -2.14. The van der Waals surface area contributed by atoms with Crippen molar-refractivity contribution in [2.45, 2.75) is 12.8 Å². The first-order valence-electron chi connectivity index (χ1n) is 5.62. The molecule has 0 unspecified atom stereocenters. The first kappa shape index (κ1) is 12.3. The maximum absolute atomic E-state index is 13.0. The molecule has 2 amide bonds. The number of anilines is 1. The smallest absolute Gasteiger partial charge is 0.243 e. The summed E-state index contributed by atoms with van der Waals surface area (Å²) >= 11 is 0. The molecule has 2 N–H and O–H groups in total. The van der Waals surface area contributed by atoms with Crippen molar-refractivity contribution in [1.82, 2.24) is 4.90 Å². The lowest BCUT2D eigenvalue weighted by molar-refractivity contribution is -0.131. The van der Waals surface area contributed by atoms with Crippen LogP contribution in [0.25, 0.3) is 0 Å². The molecule has 1 aliphatic heterocycles. The lowest BCUT2D eigenvalue weighted by atomic mass is 10.3. The third kappa shape index (κ3) is 2.77. The molecular formula is C12H13FN2O3. The van der Waals surface area contributed by atoms with Gasteiger partial charge in [-0.15, -0.1) is 0 Å². The molecule has 0 saturated carbocycles. The molecule has 18 heavy (non-hydrogen) atoms. The van der Waals surface area contributed by atoms with Crippen LogP contribution in [0.3, 0.4) is 0 Å². The predicted octanol–water partition coefficient (Wildman–Crippen LogP) is 1.09. The van der Waals surface area contributed by atoms with Crippen molar-refractivity contribution < 1.29 is 19.1 Å². The van der Waals surface area contributed by atoms with Gasteiger partial charge in [0, 0.05) is 24.7 Å². The second-order valence-electron chi connectivity index (χ2n) is 4.13. The first-order chi connectivity index (χ1) is 8.56. The van der Waals surface area contributed by atoms with Gasteiger partial charge in [-0.05, 0) is 18.6 Å². The fraction of sp³-hybridized carbons (Fsp3) is 0.333. The summed E-state index contributed by atoms with van der Waals surface area (Å²) in [5, 5.41) is 11.5. The van der Waals surface area contributed by atoms with E-state index in [0.29, 0.717) is 13.0 Å². The van der Waals surface area contributed by atoms with Crippen LogP contribution < -0.4 is 5.32 Å². The van der Waals surface area contributed by atoms with Crippen molar-refractivity contribution in [3.63, 3.8) is 0 Å². The van der Waals surface area contributed by atoms with Gasteiger partial charge in [0.05, 0.1) is 6.54 Å². The average molecular weight is 252 g/mol. The Kier molecular flexibility index (Phi) is 3.45. The number of carbonyl (C=O) groups is 2. The molecule has 5 nitrogen and oxygen atoms in total. The van der Waals surface area contributed by atoms with Gasteiger partial charge in [0.25, 0.3) is 0 Å². The Hall–Kier alpha value is -2.11. The van der Waals surface area contributed by atoms with Crippen LogP contribution >= 0.6 is 0 Å². The summed E-state index contributed by atoms with van der Waals surface area (Å²) in [7, 11) is 0. The van der Waals surface area contributed by atoms with Crippen molar-refractivity contribution in [3.8, 4) is 5.75 Å². The summed E-state index contributed by atoms with van der Waals surface area (Å²) in [6, 6.07) is 3.58. The zero-order valence-corrected chi connectivity index (χ0v) is 9.65. The quantitative estimate of drug-likeness (QED) is 0.791. The fourth-order valence-electron chi connectivity index (χ4n) is 1.83. The SMILES string of the molecule is O=C(CN1CCCC1=O)Nc1ccc(O)c(F)c1. The van der Waals surface area contributed by atoms with E-state index in [9.17, 15) is 14.0 Å². The van der Waals surface area contributed by atoms with Crippen LogP contribution in [0.15, 0.2) is 18.2 Å². The third-order valence-corrected chi connectivity index (χ3v) is 2.74. The van der Waals surface area contributed by atoms with Crippen molar-refractivity contribution in [2.75, 3.05) is 18.4 Å². The van der Waals surface area contributed by atoms with Gasteiger partial charge in [0.2, 0.25) is 11.8 Å². The van der Waals surface area contributed by atoms with Gasteiger partial charge in [-0.1, -0.05) is 0 Å². The van der Waals surface area contributed by atoms with Crippen molar-refractivity contribution in [1.29, 1.82) is 0 Å². The Morgan fingerprint density at radius 2 is 2.28 bits per heavy atom. The van der Waals surface area contributed by atoms with Gasteiger partial charge in [0.15, 0.2) is 11.6 Å². The molecule has 1 heterocycles. The number of aromatic hydroxyl groups is 1. The van der Waals surface area contributed by atoms with Gasteiger partial charge in [0.1, 0.15) is 0 Å². The molecule has 1 saturated heterocycles. The molecule has 6 heteroatoms. The summed E-state index contributed by atoms with van der Waals surface area (Å²) < 4.78 is 13.0. The molecule has 0 radical (unpaired) electrons. The monoisotopic (exact) mass is 252 g/mol. The molecule has 1 aromatic carbocycles. The summed E-state index contributed by atoms with van der Waals surface area (Å²) in [5.41, 5.74) is 0.252. The normalized spacial score (nSPS) is 14.9. The number of benzene rings is 1. The maximum atomic E-state index is 13.0. The van der Waals surface area contributed by atoms with Crippen LogP contribution in [0.4, 0.5) is 10.1 Å². The Bertz CT molecular complexity index is 490. The topological polar surface area (TPSA) is 69.6 Å². The van der Waals surface area contributed by atoms with Gasteiger partial charge < -0.3 is 15.3 Å². The second kappa shape index (κ2) is 5.03. The molecule has 96 valence electrons. The minimum absolute atomic E-state index is 0.0265. The van der Waals surface area contributed by atoms with E-state index in [0.717, 1.165) is 18.6 Å². The number of carbonyl (C=O) groups excluding carboxylic acids is 2. The molecule has 0 bridgehead atoms. The number of likely N-dealkylation sites (tertiary alicyclic amines) is 1. The highest BCUT2D eigenvalue weighted by atomic mass is 19.1. The van der Waals surface area contributed by atoms with Crippen LogP contribution in [-0.2, 0) is 9.59 Å². The largest absolute Gasteiger partial charge is 0.505 e. The van der Waals surface area contributed by atoms with E-state index in [1.54, 1.807) is 0 Å². The minimum Gasteiger partial charge on any atom is -0.505 e. The summed E-state index contributed by atoms with van der Waals surface area (Å²) in [4.78, 5) is 24.4. The molecule has 0 aromatic heterocycles. The van der Waals surface area contributed by atoms with Gasteiger partial charge in [-0.2, -0.15) is 0 Å². The highest BCUT2D eigenvalue weighted by Gasteiger charge is 2.22. The van der Waals surface area contributed by atoms with Crippen molar-refractivity contribution in [2.24, 2.45) is 0 Å². The van der Waals surface area contributed by atoms with E-state index in [1.165, 1.54) is 11.0 Å². The Morgan fingerprint density at radius 1 is 1.50 bits per heavy atom. The Labute approximate surface area is 103 Å². The second-order valence-corrected chi connectivity index (χ2v) is 4.13. The molecule has 1 fully saturated rings. The Balaban J connectivity index is 1.94. The molecule has 1 aliphatic rings. The van der Waals surface area contributed by atoms with Gasteiger partial charge in [-0.25, -0.2) is 4.39 Å². The van der Waals surface area contributed by atoms with E-state index in [1.807, 2.05) is 0 Å². The lowest BCUT2D eigenvalue weighted by Crippen LogP contribution is -2.33. The zero-order valence-electron chi connectivity index (χ0n) is 9.65. The number of hydrogen-bond donors (Lipinski definition) is 2. The van der Waals surface area contributed by atoms with E-state index in [2.05, 4.69) is 5.32 Å². The molecule has 0 atom stereocenters. The van der Waals surface area contributed by atoms with Crippen molar-refractivity contribution in [3.05, 3.63) is 24.0 Å². The van der Waals surface area contributed by atoms with E-state index in [-0.39, 0.29) is 24.0 Å². The van der Waals surface area contributed by atoms with E-state index < -0.39 is 11.6 Å². The van der Waals surface area contributed by atoms with Crippen LogP contribution in [0.1, 0.15) is 12.8 Å². The molecule has 2 rings (SSSR count). The highest BCUT2D eigenvalue weighted by molar-refractivity contribution is 5.94. The molecular weight excluding hydrogens is 239 g/mol. The van der Waals surface area contributed by atoms with Crippen LogP contribution in [0, 0.1) is 5.82 Å². The number of nitrogens with one attached hydrogen (secondary N) is 1. The number of nitrogens with zero attached hydrogens (tertiary/aromatic N) is 1. The highest BCUT2D eigenvalue weighted by Crippen LogP contribution is 2.19. The number of phenols is 1. The standard InChI is InChI=1S/C12H13FN2O3/c13-9-6-8(3-4-10(9)16)14-11(17)7-15-5-1-2-12(15)18/h3-4,6,16H,1-2,5,7H2,(H,14,17). The molecule has 1 aromatic rings. The van der Waals surface area contributed by atoms with Crippen LogP contribution in [0.2, 0.25) is 0 Å². The zero-order chi connectivity index (χ0) is 13.1. The number of hydrogen-bond acceptors (Lipinski definition) is 3. The summed E-state index contributed by atoms with van der Waals surface area (Å²) in [5.74, 6) is -1.69. The molecule has 0 aliphatic carbocycles. The number of halogens is 1. The van der Waals surface area contributed by atoms with E-state index >= 15 is 0 Å². The number of phenolic OH excluding ortho intramolecular Hbond substituents is 1. The minimum atomic E-state index is -0.801. The fourth-order valence-corrected chi connectivity index (χ4v) is 1.83. The Morgan fingerprint density at radius 3 is 2.89 bits per heavy atom. The van der Waals surface area contributed by atoms with Gasteiger partial charge >= 0.3 is 0 Å². The number of rotatable bonds is 3. The summed E-state index contributed by atoms with van der Waals surface area (Å²) in [6.45, 7) is 0.553. The maximum Gasteiger partial charge on any atom is 0.243 e. The van der Waals surface area contributed by atoms with Crippen LogP contribution in [-0.4, -0.2) is 34.9 Å². The average Bonchev–Trinajstić information content (AvgIpc) is 2.70. The predicted molar refractivity (Wildman–Crippen MR) is 62.5 cm³/mol. The molecule has 0 spiro atoms. The van der Waals surface area contributed by atoms with Crippen LogP contribution in [0.5, 0.6) is 5.75 Å². The van der Waals surface area contributed by atoms with E-state index in [4.69, 9.17) is 5.11 Å². The first-order valence-corrected chi connectivity index (χ1v) is 5.62. The number of amides is 2. The van der Waals surface area contributed by atoms with Gasteiger partial charge in [-0.3, -0.25) is 9.59 Å². The summed E-state index contributed by atoms with van der Waals surface area (Å²) in [6.07, 6.45) is 1.24. The third-order valence-electron chi connectivity index (χ3n) is 2.74.